The molecule has 2 amide bonds. The van der Waals surface area contributed by atoms with Crippen molar-refractivity contribution in [2.24, 2.45) is 5.73 Å². The number of rotatable bonds is 8. The van der Waals surface area contributed by atoms with Crippen molar-refractivity contribution in [1.82, 2.24) is 15.3 Å². The van der Waals surface area contributed by atoms with Crippen molar-refractivity contribution in [2.45, 2.75) is 26.2 Å². The summed E-state index contributed by atoms with van der Waals surface area (Å²) in [5, 5.41) is 7.84. The number of thiazole rings is 1. The lowest BCUT2D eigenvalue weighted by atomic mass is 9.83. The van der Waals surface area contributed by atoms with Gasteiger partial charge in [-0.15, -0.1) is 11.3 Å². The van der Waals surface area contributed by atoms with Crippen molar-refractivity contribution in [3.8, 4) is 22.4 Å². The summed E-state index contributed by atoms with van der Waals surface area (Å²) in [5.74, 6) is -0.652. The van der Waals surface area contributed by atoms with Gasteiger partial charge in [0.05, 0.1) is 12.2 Å². The highest BCUT2D eigenvalue weighted by atomic mass is 32.1. The van der Waals surface area contributed by atoms with E-state index in [1.54, 1.807) is 18.5 Å². The van der Waals surface area contributed by atoms with Crippen molar-refractivity contribution < 1.29 is 9.59 Å². The maximum atomic E-state index is 12.7. The molecule has 4 N–H and O–H groups in total. The molecular formula is C28H29N5O2S. The molecule has 0 spiro atoms. The Morgan fingerprint density at radius 3 is 2.50 bits per heavy atom. The standard InChI is InChI=1S/C28H29N5O2S/c1-18-11-22(14-23(12-18)28(2,3)17-29)26(35)31-15-25(34)33-27-32-24(16-36-27)21-6-4-5-20(13-21)19-7-9-30-10-8-19/h4-14,16H,15,17,29H2,1-3H3,(H,31,35)(H,32,33,34). The number of aryl methyl sites for hydroxylation is 1. The maximum Gasteiger partial charge on any atom is 0.251 e. The van der Waals surface area contributed by atoms with Crippen LogP contribution >= 0.6 is 11.3 Å². The van der Waals surface area contributed by atoms with Gasteiger partial charge in [-0.1, -0.05) is 43.7 Å². The molecule has 184 valence electrons. The summed E-state index contributed by atoms with van der Waals surface area (Å²) in [7, 11) is 0. The van der Waals surface area contributed by atoms with Gasteiger partial charge in [-0.2, -0.15) is 0 Å². The maximum absolute atomic E-state index is 12.7. The first kappa shape index (κ1) is 25.2. The normalized spacial score (nSPS) is 11.2. The largest absolute Gasteiger partial charge is 0.343 e. The SMILES string of the molecule is Cc1cc(C(=O)NCC(=O)Nc2nc(-c3cccc(-c4ccncc4)c3)cs2)cc(C(C)(C)CN)c1. The van der Waals surface area contributed by atoms with Crippen LogP contribution in [0.5, 0.6) is 0 Å². The van der Waals surface area contributed by atoms with Crippen molar-refractivity contribution in [1.29, 1.82) is 0 Å². The van der Waals surface area contributed by atoms with Gasteiger partial charge in [-0.25, -0.2) is 4.98 Å². The molecule has 0 radical (unpaired) electrons. The zero-order chi connectivity index (χ0) is 25.7. The summed E-state index contributed by atoms with van der Waals surface area (Å²) in [4.78, 5) is 33.8. The van der Waals surface area contributed by atoms with Gasteiger partial charge in [-0.05, 0) is 53.9 Å². The second-order valence-electron chi connectivity index (χ2n) is 9.26. The molecule has 4 rings (SSSR count). The highest BCUT2D eigenvalue weighted by Gasteiger charge is 2.21. The zero-order valence-corrected chi connectivity index (χ0v) is 21.4. The van der Waals surface area contributed by atoms with Crippen LogP contribution in [-0.2, 0) is 10.2 Å². The number of benzene rings is 2. The molecule has 0 atom stereocenters. The fraction of sp³-hybridized carbons (Fsp3) is 0.214. The quantitative estimate of drug-likeness (QED) is 0.323. The first-order chi connectivity index (χ1) is 17.2. The molecule has 7 nitrogen and oxygen atoms in total. The predicted octanol–water partition coefficient (Wildman–Crippen LogP) is 4.79. The Kier molecular flexibility index (Phi) is 7.57. The molecule has 0 bridgehead atoms. The van der Waals surface area contributed by atoms with E-state index >= 15 is 0 Å². The number of nitrogens with zero attached hydrogens (tertiary/aromatic N) is 2. The van der Waals surface area contributed by atoms with E-state index in [1.807, 2.05) is 68.6 Å². The molecule has 2 aromatic carbocycles. The highest BCUT2D eigenvalue weighted by molar-refractivity contribution is 7.14. The Morgan fingerprint density at radius 1 is 1.00 bits per heavy atom. The summed E-state index contributed by atoms with van der Waals surface area (Å²) in [5.41, 5.74) is 12.0. The molecular weight excluding hydrogens is 470 g/mol. The smallest absolute Gasteiger partial charge is 0.251 e. The van der Waals surface area contributed by atoms with Gasteiger partial charge in [0.15, 0.2) is 5.13 Å². The van der Waals surface area contributed by atoms with Crippen LogP contribution in [0.3, 0.4) is 0 Å². The number of carbonyl (C=O) groups excluding carboxylic acids is 2. The van der Waals surface area contributed by atoms with Crippen LogP contribution in [0.25, 0.3) is 22.4 Å². The number of pyridine rings is 1. The number of amides is 2. The van der Waals surface area contributed by atoms with E-state index in [2.05, 4.69) is 26.7 Å². The molecule has 0 aliphatic carbocycles. The number of carbonyl (C=O) groups is 2. The van der Waals surface area contributed by atoms with Crippen LogP contribution in [0.4, 0.5) is 5.13 Å². The van der Waals surface area contributed by atoms with Gasteiger partial charge in [0.1, 0.15) is 0 Å². The van der Waals surface area contributed by atoms with Gasteiger partial charge in [0.25, 0.3) is 5.91 Å². The molecule has 36 heavy (non-hydrogen) atoms. The van der Waals surface area contributed by atoms with Gasteiger partial charge in [-0.3, -0.25) is 14.6 Å². The van der Waals surface area contributed by atoms with E-state index in [4.69, 9.17) is 5.73 Å². The fourth-order valence-electron chi connectivity index (χ4n) is 3.72. The second kappa shape index (κ2) is 10.8. The third-order valence-electron chi connectivity index (χ3n) is 5.96. The molecule has 0 saturated heterocycles. The van der Waals surface area contributed by atoms with Crippen molar-refractivity contribution >= 4 is 28.3 Å². The van der Waals surface area contributed by atoms with E-state index < -0.39 is 0 Å². The van der Waals surface area contributed by atoms with E-state index in [0.29, 0.717) is 17.2 Å². The fourth-order valence-corrected chi connectivity index (χ4v) is 4.45. The molecule has 0 aliphatic heterocycles. The Balaban J connectivity index is 1.38. The lowest BCUT2D eigenvalue weighted by Crippen LogP contribution is -2.33. The Morgan fingerprint density at radius 2 is 1.75 bits per heavy atom. The molecule has 0 saturated carbocycles. The number of aromatic nitrogens is 2. The summed E-state index contributed by atoms with van der Waals surface area (Å²) >= 11 is 1.34. The molecule has 8 heteroatoms. The third kappa shape index (κ3) is 6.02. The third-order valence-corrected chi connectivity index (χ3v) is 6.72. The lowest BCUT2D eigenvalue weighted by molar-refractivity contribution is -0.115. The van der Waals surface area contributed by atoms with E-state index in [9.17, 15) is 9.59 Å². The van der Waals surface area contributed by atoms with Crippen LogP contribution < -0.4 is 16.4 Å². The molecule has 2 heterocycles. The van der Waals surface area contributed by atoms with Gasteiger partial charge in [0.2, 0.25) is 5.91 Å². The van der Waals surface area contributed by atoms with Gasteiger partial charge < -0.3 is 16.4 Å². The number of nitrogens with one attached hydrogen (secondary N) is 2. The summed E-state index contributed by atoms with van der Waals surface area (Å²) < 4.78 is 0. The van der Waals surface area contributed by atoms with E-state index in [-0.39, 0.29) is 23.8 Å². The Labute approximate surface area is 214 Å². The number of hydrogen-bond acceptors (Lipinski definition) is 6. The average molecular weight is 500 g/mol. The first-order valence-electron chi connectivity index (χ1n) is 11.6. The van der Waals surface area contributed by atoms with Crippen molar-refractivity contribution in [3.05, 3.63) is 89.1 Å². The molecule has 2 aromatic heterocycles. The number of anilines is 1. The summed E-state index contributed by atoms with van der Waals surface area (Å²) in [6.45, 7) is 6.31. The second-order valence-corrected chi connectivity index (χ2v) is 10.1. The van der Waals surface area contributed by atoms with Crippen LogP contribution in [-0.4, -0.2) is 34.9 Å². The Bertz CT molecular complexity index is 1380. The van der Waals surface area contributed by atoms with Gasteiger partial charge in [0, 0.05) is 40.9 Å². The number of hydrogen-bond donors (Lipinski definition) is 3. The average Bonchev–Trinajstić information content (AvgIpc) is 3.36. The van der Waals surface area contributed by atoms with E-state index in [1.165, 1.54) is 11.3 Å². The minimum absolute atomic E-state index is 0.158. The summed E-state index contributed by atoms with van der Waals surface area (Å²) in [6.07, 6.45) is 3.52. The van der Waals surface area contributed by atoms with Gasteiger partial charge >= 0.3 is 0 Å². The van der Waals surface area contributed by atoms with E-state index in [0.717, 1.165) is 33.5 Å². The summed E-state index contributed by atoms with van der Waals surface area (Å²) in [6, 6.07) is 17.6. The van der Waals surface area contributed by atoms with Crippen LogP contribution in [0.2, 0.25) is 0 Å². The monoisotopic (exact) mass is 499 g/mol. The molecule has 0 aliphatic rings. The minimum Gasteiger partial charge on any atom is -0.343 e. The van der Waals surface area contributed by atoms with Crippen molar-refractivity contribution in [2.75, 3.05) is 18.4 Å². The highest BCUT2D eigenvalue weighted by Crippen LogP contribution is 2.29. The molecule has 0 unspecified atom stereocenters. The number of nitrogens with two attached hydrogens (primary N) is 1. The van der Waals surface area contributed by atoms with Crippen molar-refractivity contribution in [3.63, 3.8) is 0 Å². The zero-order valence-electron chi connectivity index (χ0n) is 20.5. The first-order valence-corrected chi connectivity index (χ1v) is 12.5. The van der Waals surface area contributed by atoms with Crippen LogP contribution in [0.1, 0.15) is 35.3 Å². The lowest BCUT2D eigenvalue weighted by Gasteiger charge is -2.24. The topological polar surface area (TPSA) is 110 Å². The molecule has 4 aromatic rings. The predicted molar refractivity (Wildman–Crippen MR) is 145 cm³/mol. The van der Waals surface area contributed by atoms with Crippen LogP contribution in [0, 0.1) is 6.92 Å². The Hall–Kier alpha value is -3.88. The minimum atomic E-state index is -0.343. The van der Waals surface area contributed by atoms with Crippen LogP contribution in [0.15, 0.2) is 72.4 Å². The molecule has 0 fully saturated rings.